The molecular formula is C8H8F3NO. The first-order chi connectivity index (χ1) is 6.04. The number of anilines is 1. The van der Waals surface area contributed by atoms with Crippen LogP contribution >= 0.6 is 0 Å². The molecule has 0 saturated carbocycles. The van der Waals surface area contributed by atoms with Gasteiger partial charge in [0.15, 0.2) is 0 Å². The van der Waals surface area contributed by atoms with Crippen molar-refractivity contribution in [1.29, 1.82) is 0 Å². The molecule has 0 aliphatic carbocycles. The standard InChI is InChI=1S/C8H8F3NO/c9-8(10,11)6-2-1-3-7(4-6)12-5-13/h1-4,12-13H,5H2. The highest BCUT2D eigenvalue weighted by Gasteiger charge is 2.30. The normalized spacial score (nSPS) is 11.4. The van der Waals surface area contributed by atoms with Gasteiger partial charge in [0.25, 0.3) is 0 Å². The molecule has 0 unspecified atom stereocenters. The summed E-state index contributed by atoms with van der Waals surface area (Å²) in [6.45, 7) is -0.388. The number of alkyl halides is 3. The molecule has 13 heavy (non-hydrogen) atoms. The molecule has 0 radical (unpaired) electrons. The van der Waals surface area contributed by atoms with Crippen LogP contribution in [0.3, 0.4) is 0 Å². The van der Waals surface area contributed by atoms with E-state index in [0.717, 1.165) is 12.1 Å². The highest BCUT2D eigenvalue weighted by Crippen LogP contribution is 2.30. The van der Waals surface area contributed by atoms with Gasteiger partial charge in [-0.25, -0.2) is 0 Å². The molecule has 2 N–H and O–H groups in total. The van der Waals surface area contributed by atoms with Gasteiger partial charge in [0.2, 0.25) is 0 Å². The Balaban J connectivity index is 2.92. The van der Waals surface area contributed by atoms with Crippen LogP contribution in [0.1, 0.15) is 5.56 Å². The lowest BCUT2D eigenvalue weighted by Crippen LogP contribution is -2.06. The van der Waals surface area contributed by atoms with Crippen LogP contribution in [0.15, 0.2) is 24.3 Å². The van der Waals surface area contributed by atoms with Gasteiger partial charge in [0, 0.05) is 5.69 Å². The first-order valence-corrected chi connectivity index (χ1v) is 3.56. The Morgan fingerprint density at radius 1 is 1.31 bits per heavy atom. The summed E-state index contributed by atoms with van der Waals surface area (Å²) in [4.78, 5) is 0. The van der Waals surface area contributed by atoms with Crippen molar-refractivity contribution in [3.63, 3.8) is 0 Å². The second-order valence-electron chi connectivity index (χ2n) is 2.41. The van der Waals surface area contributed by atoms with Crippen LogP contribution in [-0.4, -0.2) is 11.8 Å². The van der Waals surface area contributed by atoms with Gasteiger partial charge in [0.1, 0.15) is 6.73 Å². The molecule has 0 saturated heterocycles. The van der Waals surface area contributed by atoms with Crippen LogP contribution < -0.4 is 5.32 Å². The van der Waals surface area contributed by atoms with E-state index in [-0.39, 0.29) is 12.4 Å². The molecule has 0 aromatic heterocycles. The van der Waals surface area contributed by atoms with E-state index < -0.39 is 11.7 Å². The smallest absolute Gasteiger partial charge is 0.377 e. The molecule has 72 valence electrons. The Kier molecular flexibility index (Phi) is 2.77. The van der Waals surface area contributed by atoms with E-state index >= 15 is 0 Å². The van der Waals surface area contributed by atoms with E-state index in [4.69, 9.17) is 5.11 Å². The Bertz CT molecular complexity index is 285. The minimum absolute atomic E-state index is 0.248. The van der Waals surface area contributed by atoms with Crippen LogP contribution in [0.4, 0.5) is 18.9 Å². The summed E-state index contributed by atoms with van der Waals surface area (Å²) in [5, 5.41) is 10.8. The highest BCUT2D eigenvalue weighted by atomic mass is 19.4. The molecule has 0 aliphatic rings. The van der Waals surface area contributed by atoms with Gasteiger partial charge in [-0.15, -0.1) is 0 Å². The first kappa shape index (κ1) is 9.85. The van der Waals surface area contributed by atoms with E-state index in [1.165, 1.54) is 12.1 Å². The third kappa shape index (κ3) is 2.62. The van der Waals surface area contributed by atoms with Crippen molar-refractivity contribution >= 4 is 5.69 Å². The fourth-order valence-electron chi connectivity index (χ4n) is 0.897. The average molecular weight is 191 g/mol. The van der Waals surface area contributed by atoms with Gasteiger partial charge < -0.3 is 10.4 Å². The molecule has 0 fully saturated rings. The number of hydrogen-bond donors (Lipinski definition) is 2. The molecule has 1 rings (SSSR count). The Hall–Kier alpha value is -1.23. The van der Waals surface area contributed by atoms with Gasteiger partial charge in [0.05, 0.1) is 5.56 Å². The van der Waals surface area contributed by atoms with E-state index in [2.05, 4.69) is 5.32 Å². The number of hydrogen-bond acceptors (Lipinski definition) is 2. The fraction of sp³-hybridized carbons (Fsp3) is 0.250. The SMILES string of the molecule is OCNc1cccc(C(F)(F)F)c1. The van der Waals surface area contributed by atoms with Crippen molar-refractivity contribution in [2.45, 2.75) is 6.18 Å². The minimum atomic E-state index is -4.34. The molecule has 0 spiro atoms. The Labute approximate surface area is 73.0 Å². The van der Waals surface area contributed by atoms with Gasteiger partial charge in [-0.2, -0.15) is 13.2 Å². The lowest BCUT2D eigenvalue weighted by atomic mass is 10.2. The molecule has 2 nitrogen and oxygen atoms in total. The molecule has 0 amide bonds. The molecule has 1 aromatic carbocycles. The first-order valence-electron chi connectivity index (χ1n) is 3.56. The minimum Gasteiger partial charge on any atom is -0.377 e. The summed E-state index contributed by atoms with van der Waals surface area (Å²) in [6, 6.07) is 4.64. The van der Waals surface area contributed by atoms with Crippen LogP contribution in [-0.2, 0) is 6.18 Å². The predicted octanol–water partition coefficient (Wildman–Crippen LogP) is 2.07. The van der Waals surface area contributed by atoms with E-state index in [1.807, 2.05) is 0 Å². The number of halogens is 3. The van der Waals surface area contributed by atoms with Crippen LogP contribution in [0.2, 0.25) is 0 Å². The van der Waals surface area contributed by atoms with Crippen LogP contribution in [0.25, 0.3) is 0 Å². The summed E-state index contributed by atoms with van der Waals surface area (Å²) in [7, 11) is 0. The second kappa shape index (κ2) is 3.66. The third-order valence-electron chi connectivity index (χ3n) is 1.47. The topological polar surface area (TPSA) is 32.3 Å². The lowest BCUT2D eigenvalue weighted by molar-refractivity contribution is -0.137. The van der Waals surface area contributed by atoms with Crippen molar-refractivity contribution in [2.75, 3.05) is 12.0 Å². The summed E-state index contributed by atoms with van der Waals surface area (Å²) in [5.74, 6) is 0. The summed E-state index contributed by atoms with van der Waals surface area (Å²) < 4.78 is 36.4. The van der Waals surface area contributed by atoms with Gasteiger partial charge >= 0.3 is 6.18 Å². The van der Waals surface area contributed by atoms with Crippen LogP contribution in [0.5, 0.6) is 0 Å². The van der Waals surface area contributed by atoms with Crippen LogP contribution in [0, 0.1) is 0 Å². The largest absolute Gasteiger partial charge is 0.416 e. The number of benzene rings is 1. The fourth-order valence-corrected chi connectivity index (χ4v) is 0.897. The number of aliphatic hydroxyl groups is 1. The second-order valence-corrected chi connectivity index (χ2v) is 2.41. The molecule has 0 aliphatic heterocycles. The van der Waals surface area contributed by atoms with Gasteiger partial charge in [-0.1, -0.05) is 6.07 Å². The Morgan fingerprint density at radius 3 is 2.54 bits per heavy atom. The zero-order valence-corrected chi connectivity index (χ0v) is 6.60. The molecule has 0 bridgehead atoms. The number of nitrogens with one attached hydrogen (secondary N) is 1. The third-order valence-corrected chi connectivity index (χ3v) is 1.47. The van der Waals surface area contributed by atoms with Crippen molar-refractivity contribution in [3.05, 3.63) is 29.8 Å². The van der Waals surface area contributed by atoms with Crippen molar-refractivity contribution in [1.82, 2.24) is 0 Å². The summed E-state index contributed by atoms with van der Waals surface area (Å²) in [5.41, 5.74) is -0.483. The zero-order chi connectivity index (χ0) is 9.90. The van der Waals surface area contributed by atoms with Crippen molar-refractivity contribution in [3.8, 4) is 0 Å². The monoisotopic (exact) mass is 191 g/mol. The van der Waals surface area contributed by atoms with E-state index in [0.29, 0.717) is 0 Å². The predicted molar refractivity (Wildman–Crippen MR) is 42.2 cm³/mol. The quantitative estimate of drug-likeness (QED) is 0.701. The summed E-state index contributed by atoms with van der Waals surface area (Å²) in [6.07, 6.45) is -4.34. The van der Waals surface area contributed by atoms with Gasteiger partial charge in [-0.05, 0) is 18.2 Å². The van der Waals surface area contributed by atoms with E-state index in [9.17, 15) is 13.2 Å². The summed E-state index contributed by atoms with van der Waals surface area (Å²) >= 11 is 0. The maximum atomic E-state index is 12.1. The number of rotatable bonds is 2. The zero-order valence-electron chi connectivity index (χ0n) is 6.60. The van der Waals surface area contributed by atoms with Crippen molar-refractivity contribution in [2.24, 2.45) is 0 Å². The highest BCUT2D eigenvalue weighted by molar-refractivity contribution is 5.46. The molecule has 0 atom stereocenters. The van der Waals surface area contributed by atoms with E-state index in [1.54, 1.807) is 0 Å². The molecule has 0 heterocycles. The molecule has 5 heteroatoms. The van der Waals surface area contributed by atoms with Crippen molar-refractivity contribution < 1.29 is 18.3 Å². The average Bonchev–Trinajstić information content (AvgIpc) is 2.04. The molecular weight excluding hydrogens is 183 g/mol. The molecule has 1 aromatic rings. The maximum Gasteiger partial charge on any atom is 0.416 e. The number of aliphatic hydroxyl groups excluding tert-OH is 1. The lowest BCUT2D eigenvalue weighted by Gasteiger charge is -2.08. The Morgan fingerprint density at radius 2 is 2.00 bits per heavy atom. The maximum absolute atomic E-state index is 12.1. The van der Waals surface area contributed by atoms with Gasteiger partial charge in [-0.3, -0.25) is 0 Å².